The Labute approximate surface area is 176 Å². The van der Waals surface area contributed by atoms with Gasteiger partial charge in [-0.25, -0.2) is 13.4 Å². The number of hydrogen-bond donors (Lipinski definition) is 2. The number of aliphatic hydroxyl groups excluding tert-OH is 1. The topological polar surface area (TPSA) is 123 Å². The number of β-amino-alcohol motifs (C(OH)–C–C–N with tert-alkyl or cyclic N) is 1. The van der Waals surface area contributed by atoms with Crippen molar-refractivity contribution in [3.8, 4) is 0 Å². The zero-order valence-corrected chi connectivity index (χ0v) is 18.0. The maximum atomic E-state index is 13.3. The van der Waals surface area contributed by atoms with Gasteiger partial charge in [-0.05, 0) is 32.1 Å². The normalized spacial score (nSPS) is 31.3. The standard InChI is InChI=1S/C19H30N4O6S/c1-22-9-19(20-12-22)30(26,27)23-8-14(24)10-28-11-17-16(23)6-5-15(29-17)7-18(25)21-13-3-2-4-13/h9,12-17,24H,2-8,10-11H2,1H3,(H,21,25)/t14-,15+,16+,17-/m1/s1. The molecular weight excluding hydrogens is 412 g/mol. The highest BCUT2D eigenvalue weighted by molar-refractivity contribution is 7.89. The number of ether oxygens (including phenoxy) is 2. The molecule has 168 valence electrons. The molecule has 1 aromatic heterocycles. The highest BCUT2D eigenvalue weighted by atomic mass is 32.2. The third kappa shape index (κ3) is 4.70. The van der Waals surface area contributed by atoms with Gasteiger partial charge in [-0.1, -0.05) is 0 Å². The van der Waals surface area contributed by atoms with E-state index in [2.05, 4.69) is 10.3 Å². The minimum absolute atomic E-state index is 0.0215. The van der Waals surface area contributed by atoms with E-state index in [9.17, 15) is 18.3 Å². The highest BCUT2D eigenvalue weighted by Crippen LogP contribution is 2.31. The van der Waals surface area contributed by atoms with Crippen LogP contribution >= 0.6 is 0 Å². The fourth-order valence-electron chi connectivity index (χ4n) is 4.26. The average molecular weight is 443 g/mol. The quantitative estimate of drug-likeness (QED) is 0.646. The van der Waals surface area contributed by atoms with Crippen molar-refractivity contribution in [3.63, 3.8) is 0 Å². The molecular formula is C19H30N4O6S. The van der Waals surface area contributed by atoms with E-state index in [0.29, 0.717) is 12.8 Å². The summed E-state index contributed by atoms with van der Waals surface area (Å²) >= 11 is 0. The van der Waals surface area contributed by atoms with Crippen LogP contribution in [0.15, 0.2) is 17.6 Å². The van der Waals surface area contributed by atoms with Crippen molar-refractivity contribution in [2.45, 2.75) is 73.9 Å². The van der Waals surface area contributed by atoms with Crippen LogP contribution in [-0.2, 0) is 31.3 Å². The van der Waals surface area contributed by atoms with Gasteiger partial charge >= 0.3 is 0 Å². The van der Waals surface area contributed by atoms with Gasteiger partial charge in [0.15, 0.2) is 5.03 Å². The summed E-state index contributed by atoms with van der Waals surface area (Å²) in [4.78, 5) is 16.3. The van der Waals surface area contributed by atoms with Crippen molar-refractivity contribution in [3.05, 3.63) is 12.5 Å². The van der Waals surface area contributed by atoms with Crippen LogP contribution in [0.25, 0.3) is 0 Å². The van der Waals surface area contributed by atoms with Gasteiger partial charge in [-0.15, -0.1) is 0 Å². The second-order valence-electron chi connectivity index (χ2n) is 8.48. The number of aryl methyl sites for hydroxylation is 1. The van der Waals surface area contributed by atoms with Crippen molar-refractivity contribution in [1.29, 1.82) is 0 Å². The summed E-state index contributed by atoms with van der Waals surface area (Å²) in [5.41, 5.74) is 0. The molecule has 1 aromatic rings. The van der Waals surface area contributed by atoms with Gasteiger partial charge in [0.1, 0.15) is 0 Å². The van der Waals surface area contributed by atoms with Crippen molar-refractivity contribution < 1.29 is 27.8 Å². The molecule has 11 heteroatoms. The molecule has 2 N–H and O–H groups in total. The van der Waals surface area contributed by atoms with Crippen molar-refractivity contribution in [1.82, 2.24) is 19.2 Å². The summed E-state index contributed by atoms with van der Waals surface area (Å²) in [5.74, 6) is -0.0247. The van der Waals surface area contributed by atoms with E-state index in [1.54, 1.807) is 11.6 Å². The Morgan fingerprint density at radius 3 is 2.77 bits per heavy atom. The minimum Gasteiger partial charge on any atom is -0.389 e. The number of aromatic nitrogens is 2. The van der Waals surface area contributed by atoms with Crippen LogP contribution in [0.3, 0.4) is 0 Å². The molecule has 0 aromatic carbocycles. The molecule has 0 spiro atoms. The van der Waals surface area contributed by atoms with Gasteiger partial charge in [0.25, 0.3) is 10.0 Å². The lowest BCUT2D eigenvalue weighted by Crippen LogP contribution is -2.57. The Morgan fingerprint density at radius 1 is 1.30 bits per heavy atom. The molecule has 0 unspecified atom stereocenters. The van der Waals surface area contributed by atoms with Crippen molar-refractivity contribution in [2.75, 3.05) is 19.8 Å². The second kappa shape index (κ2) is 8.91. The molecule has 1 aliphatic carbocycles. The van der Waals surface area contributed by atoms with E-state index in [-0.39, 0.29) is 49.3 Å². The third-order valence-electron chi connectivity index (χ3n) is 6.07. The molecule has 3 fully saturated rings. The lowest BCUT2D eigenvalue weighted by molar-refractivity contribution is -0.147. The van der Waals surface area contributed by atoms with E-state index in [0.717, 1.165) is 19.3 Å². The highest BCUT2D eigenvalue weighted by Gasteiger charge is 2.44. The van der Waals surface area contributed by atoms with Crippen LogP contribution in [0.4, 0.5) is 0 Å². The van der Waals surface area contributed by atoms with Crippen LogP contribution in [0.2, 0.25) is 0 Å². The Balaban J connectivity index is 1.47. The van der Waals surface area contributed by atoms with Gasteiger partial charge in [0.2, 0.25) is 5.91 Å². The summed E-state index contributed by atoms with van der Waals surface area (Å²) in [7, 11) is -2.21. The lowest BCUT2D eigenvalue weighted by atomic mass is 9.92. The fourth-order valence-corrected chi connectivity index (χ4v) is 5.95. The van der Waals surface area contributed by atoms with E-state index >= 15 is 0 Å². The Hall–Kier alpha value is -1.53. The number of amides is 1. The monoisotopic (exact) mass is 442 g/mol. The molecule has 1 amide bonds. The summed E-state index contributed by atoms with van der Waals surface area (Å²) in [5, 5.41) is 13.2. The van der Waals surface area contributed by atoms with Crippen LogP contribution in [0.5, 0.6) is 0 Å². The Bertz CT molecular complexity index is 855. The van der Waals surface area contributed by atoms with Crippen molar-refractivity contribution in [2.24, 2.45) is 7.05 Å². The van der Waals surface area contributed by atoms with Crippen LogP contribution in [0.1, 0.15) is 38.5 Å². The smallest absolute Gasteiger partial charge is 0.262 e. The zero-order valence-electron chi connectivity index (χ0n) is 17.1. The predicted molar refractivity (Wildman–Crippen MR) is 106 cm³/mol. The number of carbonyl (C=O) groups excluding carboxylic acids is 1. The molecule has 3 heterocycles. The van der Waals surface area contributed by atoms with Gasteiger partial charge in [0, 0.05) is 25.8 Å². The molecule has 0 bridgehead atoms. The first kappa shape index (κ1) is 21.7. The fraction of sp³-hybridized carbons (Fsp3) is 0.789. The van der Waals surface area contributed by atoms with Crippen molar-refractivity contribution >= 4 is 15.9 Å². The second-order valence-corrected chi connectivity index (χ2v) is 10.3. The number of carbonyl (C=O) groups is 1. The van der Waals surface area contributed by atoms with Crippen LogP contribution in [0, 0.1) is 0 Å². The predicted octanol–water partition coefficient (Wildman–Crippen LogP) is -0.223. The maximum absolute atomic E-state index is 13.3. The number of sulfonamides is 1. The first-order valence-corrected chi connectivity index (χ1v) is 12.0. The third-order valence-corrected chi connectivity index (χ3v) is 7.85. The lowest BCUT2D eigenvalue weighted by Gasteiger charge is -2.43. The maximum Gasteiger partial charge on any atom is 0.262 e. The molecule has 0 radical (unpaired) electrons. The largest absolute Gasteiger partial charge is 0.389 e. The number of aliphatic hydroxyl groups is 1. The SMILES string of the molecule is Cn1cnc(S(=O)(=O)N2C[C@@H](O)COC[C@H]3O[C@H](CC(=O)NC4CCC4)CC[C@@H]32)c1. The number of imidazole rings is 1. The van der Waals surface area contributed by atoms with Gasteiger partial charge in [-0.2, -0.15) is 4.31 Å². The minimum atomic E-state index is -3.91. The number of rotatable bonds is 5. The number of nitrogens with zero attached hydrogens (tertiary/aromatic N) is 3. The summed E-state index contributed by atoms with van der Waals surface area (Å²) in [6.07, 6.45) is 5.70. The Kier molecular flexibility index (Phi) is 6.44. The van der Waals surface area contributed by atoms with E-state index in [1.165, 1.54) is 16.8 Å². The van der Waals surface area contributed by atoms with E-state index in [4.69, 9.17) is 9.47 Å². The average Bonchev–Trinajstić information content (AvgIpc) is 3.09. The molecule has 2 aliphatic heterocycles. The first-order chi connectivity index (χ1) is 14.3. The number of fused-ring (bicyclic) bond motifs is 1. The summed E-state index contributed by atoms with van der Waals surface area (Å²) in [6, 6.07) is -0.211. The molecule has 1 saturated carbocycles. The summed E-state index contributed by atoms with van der Waals surface area (Å²) < 4.78 is 41.1. The van der Waals surface area contributed by atoms with E-state index in [1.807, 2.05) is 0 Å². The first-order valence-electron chi connectivity index (χ1n) is 10.5. The zero-order chi connectivity index (χ0) is 21.3. The molecule has 4 atom stereocenters. The molecule has 10 nitrogen and oxygen atoms in total. The van der Waals surface area contributed by atoms with Gasteiger partial charge < -0.3 is 24.5 Å². The Morgan fingerprint density at radius 2 is 2.10 bits per heavy atom. The molecule has 4 rings (SSSR count). The molecule has 2 saturated heterocycles. The summed E-state index contributed by atoms with van der Waals surface area (Å²) in [6.45, 7) is 0.0978. The molecule has 3 aliphatic rings. The van der Waals surface area contributed by atoms with Gasteiger partial charge in [-0.3, -0.25) is 4.79 Å². The van der Waals surface area contributed by atoms with Gasteiger partial charge in [0.05, 0.1) is 50.3 Å². The number of hydrogen-bond acceptors (Lipinski definition) is 7. The van der Waals surface area contributed by atoms with Crippen LogP contribution < -0.4 is 5.32 Å². The van der Waals surface area contributed by atoms with E-state index < -0.39 is 28.3 Å². The molecule has 30 heavy (non-hydrogen) atoms. The van der Waals surface area contributed by atoms with Crippen LogP contribution in [-0.4, -0.2) is 83.4 Å². The number of nitrogens with one attached hydrogen (secondary N) is 1.